The molecule has 0 aromatic heterocycles. The van der Waals surface area contributed by atoms with Gasteiger partial charge in [0, 0.05) is 0 Å². The molecule has 1 unspecified atom stereocenters. The second-order valence-corrected chi connectivity index (χ2v) is 4.94. The zero-order valence-corrected chi connectivity index (χ0v) is 11.0. The summed E-state index contributed by atoms with van der Waals surface area (Å²) in [7, 11) is 0. The largest absolute Gasteiger partial charge is 0.482 e. The molecule has 2 nitrogen and oxygen atoms in total. The lowest BCUT2D eigenvalue weighted by atomic mass is 10.0. The minimum Gasteiger partial charge on any atom is -0.482 e. The maximum absolute atomic E-state index is 13.6. The number of anilines is 1. The van der Waals surface area contributed by atoms with E-state index in [0.717, 1.165) is 22.6 Å². The Morgan fingerprint density at radius 2 is 2.00 bits per heavy atom. The highest BCUT2D eigenvalue weighted by molar-refractivity contribution is 5.63. The van der Waals surface area contributed by atoms with Crippen LogP contribution in [0.4, 0.5) is 10.1 Å². The molecule has 1 atom stereocenters. The molecular formula is C16H16FNO. The van der Waals surface area contributed by atoms with Gasteiger partial charge in [0.2, 0.25) is 0 Å². The van der Waals surface area contributed by atoms with Crippen molar-refractivity contribution in [3.8, 4) is 5.75 Å². The van der Waals surface area contributed by atoms with Crippen LogP contribution in [-0.4, -0.2) is 6.54 Å². The van der Waals surface area contributed by atoms with E-state index in [1.54, 1.807) is 19.1 Å². The maximum atomic E-state index is 13.6. The summed E-state index contributed by atoms with van der Waals surface area (Å²) in [6.07, 6.45) is -0.149. The Bertz CT molecular complexity index is 624. The number of hydrogen-bond acceptors (Lipinski definition) is 2. The molecule has 3 rings (SSSR count). The third kappa shape index (κ3) is 2.16. The average molecular weight is 257 g/mol. The summed E-state index contributed by atoms with van der Waals surface area (Å²) in [6.45, 7) is 4.46. The molecule has 0 saturated carbocycles. The monoisotopic (exact) mass is 257 g/mol. The molecule has 1 aliphatic rings. The molecule has 19 heavy (non-hydrogen) atoms. The zero-order chi connectivity index (χ0) is 13.4. The summed E-state index contributed by atoms with van der Waals surface area (Å²) in [5, 5.41) is 3.37. The Morgan fingerprint density at radius 3 is 2.79 bits per heavy atom. The molecule has 0 radical (unpaired) electrons. The van der Waals surface area contributed by atoms with E-state index in [1.165, 1.54) is 0 Å². The molecule has 0 saturated heterocycles. The Morgan fingerprint density at radius 1 is 1.16 bits per heavy atom. The van der Waals surface area contributed by atoms with Gasteiger partial charge >= 0.3 is 0 Å². The van der Waals surface area contributed by atoms with Crippen LogP contribution in [0.25, 0.3) is 0 Å². The fraction of sp³-hybridized carbons (Fsp3) is 0.250. The van der Waals surface area contributed by atoms with Gasteiger partial charge in [0.25, 0.3) is 0 Å². The van der Waals surface area contributed by atoms with E-state index < -0.39 is 0 Å². The van der Waals surface area contributed by atoms with E-state index in [1.807, 2.05) is 31.2 Å². The summed E-state index contributed by atoms with van der Waals surface area (Å²) in [5.74, 6) is 0.647. The van der Waals surface area contributed by atoms with Crippen molar-refractivity contribution in [3.63, 3.8) is 0 Å². The standard InChI is InChI=1S/C16H16FNO/c1-10-6-7-12(8-13(10)17)15-9-18-16-11(2)4-3-5-14(16)19-15/h3-8,15,18H,9H2,1-2H3. The molecule has 0 bridgehead atoms. The second-order valence-electron chi connectivity index (χ2n) is 4.94. The van der Waals surface area contributed by atoms with Gasteiger partial charge in [0.15, 0.2) is 0 Å². The van der Waals surface area contributed by atoms with Crippen molar-refractivity contribution in [2.75, 3.05) is 11.9 Å². The van der Waals surface area contributed by atoms with Gasteiger partial charge in [-0.15, -0.1) is 0 Å². The van der Waals surface area contributed by atoms with Crippen LogP contribution in [-0.2, 0) is 0 Å². The number of benzene rings is 2. The van der Waals surface area contributed by atoms with Crippen LogP contribution in [0.3, 0.4) is 0 Å². The lowest BCUT2D eigenvalue weighted by Gasteiger charge is -2.28. The number of nitrogens with one attached hydrogen (secondary N) is 1. The molecule has 0 fully saturated rings. The first-order valence-electron chi connectivity index (χ1n) is 6.41. The van der Waals surface area contributed by atoms with Gasteiger partial charge in [-0.25, -0.2) is 4.39 Å². The van der Waals surface area contributed by atoms with Crippen molar-refractivity contribution in [1.82, 2.24) is 0 Å². The number of fused-ring (bicyclic) bond motifs is 1. The molecule has 98 valence electrons. The highest BCUT2D eigenvalue weighted by atomic mass is 19.1. The third-order valence-electron chi connectivity index (χ3n) is 3.54. The Labute approximate surface area is 112 Å². The molecule has 2 aromatic carbocycles. The third-order valence-corrected chi connectivity index (χ3v) is 3.54. The average Bonchev–Trinajstić information content (AvgIpc) is 2.42. The number of hydrogen-bond donors (Lipinski definition) is 1. The Hall–Kier alpha value is -2.03. The first-order chi connectivity index (χ1) is 9.15. The molecule has 2 aromatic rings. The van der Waals surface area contributed by atoms with Crippen molar-refractivity contribution in [1.29, 1.82) is 0 Å². The first-order valence-corrected chi connectivity index (χ1v) is 6.41. The fourth-order valence-corrected chi connectivity index (χ4v) is 2.35. The molecule has 1 aliphatic heterocycles. The van der Waals surface area contributed by atoms with Gasteiger partial charge in [0.1, 0.15) is 17.7 Å². The van der Waals surface area contributed by atoms with Gasteiger partial charge in [0.05, 0.1) is 12.2 Å². The lowest BCUT2D eigenvalue weighted by Crippen LogP contribution is -2.24. The molecule has 0 amide bonds. The van der Waals surface area contributed by atoms with Gasteiger partial charge < -0.3 is 10.1 Å². The quantitative estimate of drug-likeness (QED) is 0.834. The number of rotatable bonds is 1. The summed E-state index contributed by atoms with van der Waals surface area (Å²) in [6, 6.07) is 11.2. The summed E-state index contributed by atoms with van der Waals surface area (Å²) < 4.78 is 19.6. The minimum atomic E-state index is -0.184. The van der Waals surface area contributed by atoms with E-state index >= 15 is 0 Å². The van der Waals surface area contributed by atoms with Crippen molar-refractivity contribution in [2.24, 2.45) is 0 Å². The van der Waals surface area contributed by atoms with Gasteiger partial charge in [-0.05, 0) is 42.7 Å². The predicted octanol–water partition coefficient (Wildman–Crippen LogP) is 3.99. The van der Waals surface area contributed by atoms with Crippen LogP contribution in [0.2, 0.25) is 0 Å². The Kier molecular flexibility index (Phi) is 2.90. The Balaban J connectivity index is 1.91. The molecule has 1 heterocycles. The highest BCUT2D eigenvalue weighted by Gasteiger charge is 2.22. The molecular weight excluding hydrogens is 241 g/mol. The highest BCUT2D eigenvalue weighted by Crippen LogP contribution is 2.36. The van der Waals surface area contributed by atoms with Crippen LogP contribution >= 0.6 is 0 Å². The van der Waals surface area contributed by atoms with E-state index in [4.69, 9.17) is 4.74 Å². The fourth-order valence-electron chi connectivity index (χ4n) is 2.35. The van der Waals surface area contributed by atoms with Crippen molar-refractivity contribution in [3.05, 3.63) is 58.9 Å². The van der Waals surface area contributed by atoms with Crippen LogP contribution in [0, 0.1) is 19.7 Å². The second kappa shape index (κ2) is 4.57. The molecule has 0 spiro atoms. The predicted molar refractivity (Wildman–Crippen MR) is 74.2 cm³/mol. The summed E-state index contributed by atoms with van der Waals surface area (Å²) >= 11 is 0. The van der Waals surface area contributed by atoms with Gasteiger partial charge in [-0.3, -0.25) is 0 Å². The van der Waals surface area contributed by atoms with Gasteiger partial charge in [-0.2, -0.15) is 0 Å². The smallest absolute Gasteiger partial charge is 0.143 e. The first kappa shape index (κ1) is 12.0. The normalized spacial score (nSPS) is 17.3. The van der Waals surface area contributed by atoms with Crippen LogP contribution in [0.15, 0.2) is 36.4 Å². The lowest BCUT2D eigenvalue weighted by molar-refractivity contribution is 0.210. The number of ether oxygens (including phenoxy) is 1. The molecule has 1 N–H and O–H groups in total. The van der Waals surface area contributed by atoms with Crippen molar-refractivity contribution >= 4 is 5.69 Å². The van der Waals surface area contributed by atoms with E-state index in [-0.39, 0.29) is 11.9 Å². The SMILES string of the molecule is Cc1ccc(C2CNc3c(C)cccc3O2)cc1F. The van der Waals surface area contributed by atoms with Crippen molar-refractivity contribution in [2.45, 2.75) is 20.0 Å². The number of halogens is 1. The van der Waals surface area contributed by atoms with Crippen molar-refractivity contribution < 1.29 is 9.13 Å². The molecule has 0 aliphatic carbocycles. The maximum Gasteiger partial charge on any atom is 0.143 e. The molecule has 3 heteroatoms. The number of aryl methyl sites for hydroxylation is 2. The van der Waals surface area contributed by atoms with Crippen LogP contribution < -0.4 is 10.1 Å². The van der Waals surface area contributed by atoms with E-state index in [2.05, 4.69) is 5.32 Å². The van der Waals surface area contributed by atoms with Crippen LogP contribution in [0.5, 0.6) is 5.75 Å². The summed E-state index contributed by atoms with van der Waals surface area (Å²) in [5.41, 5.74) is 3.71. The summed E-state index contributed by atoms with van der Waals surface area (Å²) in [4.78, 5) is 0. The topological polar surface area (TPSA) is 21.3 Å². The van der Waals surface area contributed by atoms with E-state index in [9.17, 15) is 4.39 Å². The zero-order valence-electron chi connectivity index (χ0n) is 11.0. The number of para-hydroxylation sites is 1. The minimum absolute atomic E-state index is 0.149. The van der Waals surface area contributed by atoms with Crippen LogP contribution in [0.1, 0.15) is 22.8 Å². The van der Waals surface area contributed by atoms with Gasteiger partial charge in [-0.1, -0.05) is 24.3 Å². The van der Waals surface area contributed by atoms with E-state index in [0.29, 0.717) is 12.1 Å².